The summed E-state index contributed by atoms with van der Waals surface area (Å²) in [5.74, 6) is 0.252. The smallest absolute Gasteiger partial charge is 0.265 e. The van der Waals surface area contributed by atoms with Crippen molar-refractivity contribution >= 4 is 38.5 Å². The highest BCUT2D eigenvalue weighted by atomic mass is 32.2. The normalized spacial score (nSPS) is 12.2. The molecule has 0 unspecified atom stereocenters. The predicted molar refractivity (Wildman–Crippen MR) is 133 cm³/mol. The molecule has 0 spiro atoms. The number of aromatic nitrogens is 3. The molecule has 2 aromatic heterocycles. The molecular formula is C24H22N6O3S. The molecule has 0 saturated heterocycles. The third kappa shape index (κ3) is 4.71. The molecule has 0 saturated carbocycles. The summed E-state index contributed by atoms with van der Waals surface area (Å²) in [4.78, 5) is 17.3. The summed E-state index contributed by atoms with van der Waals surface area (Å²) in [6.45, 7) is 0. The Hall–Kier alpha value is -4.31. The van der Waals surface area contributed by atoms with Crippen LogP contribution in [0, 0.1) is 0 Å². The minimum Gasteiger partial charge on any atom is -0.495 e. The zero-order valence-corrected chi connectivity index (χ0v) is 19.3. The van der Waals surface area contributed by atoms with Crippen LogP contribution in [0.1, 0.15) is 5.69 Å². The van der Waals surface area contributed by atoms with E-state index in [0.717, 1.165) is 5.56 Å². The summed E-state index contributed by atoms with van der Waals surface area (Å²) in [7, 11) is -0.808. The van der Waals surface area contributed by atoms with Gasteiger partial charge in [0.25, 0.3) is 10.0 Å². The second kappa shape index (κ2) is 9.67. The van der Waals surface area contributed by atoms with Crippen LogP contribution in [0.15, 0.2) is 83.2 Å². The van der Waals surface area contributed by atoms with E-state index in [9.17, 15) is 8.42 Å². The number of allylic oxidation sites excluding steroid dienone is 1. The van der Waals surface area contributed by atoms with E-state index < -0.39 is 10.0 Å². The van der Waals surface area contributed by atoms with E-state index in [1.54, 1.807) is 49.9 Å². The zero-order valence-electron chi connectivity index (χ0n) is 18.5. The third-order valence-corrected chi connectivity index (χ3v) is 6.39. The molecule has 0 aliphatic carbocycles. The summed E-state index contributed by atoms with van der Waals surface area (Å²) in [5, 5.41) is 0. The molecule has 2 heterocycles. The monoisotopic (exact) mass is 474 g/mol. The SMILES string of the molecule is CN=C/C(=C\N)c1cnc2ccc(-c3cncc(NS(=O)(=O)c4ccccc4OC)c3)cc2n1. The van der Waals surface area contributed by atoms with Gasteiger partial charge in [0.1, 0.15) is 10.6 Å². The lowest BCUT2D eigenvalue weighted by atomic mass is 10.1. The number of fused-ring (bicyclic) bond motifs is 1. The van der Waals surface area contributed by atoms with E-state index in [1.165, 1.54) is 25.6 Å². The molecule has 0 aliphatic rings. The maximum Gasteiger partial charge on any atom is 0.265 e. The fraction of sp³-hybridized carbons (Fsp3) is 0.0833. The molecule has 0 aliphatic heterocycles. The number of para-hydroxylation sites is 1. The number of nitrogens with two attached hydrogens (primary N) is 1. The fourth-order valence-corrected chi connectivity index (χ4v) is 4.57. The van der Waals surface area contributed by atoms with Crippen molar-refractivity contribution in [3.05, 3.63) is 79.0 Å². The van der Waals surface area contributed by atoms with Gasteiger partial charge in [-0.1, -0.05) is 18.2 Å². The first-order valence-electron chi connectivity index (χ1n) is 10.2. The number of aliphatic imine (C=N–C) groups is 1. The Morgan fingerprint density at radius 3 is 2.65 bits per heavy atom. The van der Waals surface area contributed by atoms with Crippen molar-refractivity contribution in [2.45, 2.75) is 4.90 Å². The molecule has 10 heteroatoms. The van der Waals surface area contributed by atoms with Gasteiger partial charge in [0, 0.05) is 36.8 Å². The molecule has 0 amide bonds. The number of sulfonamides is 1. The lowest BCUT2D eigenvalue weighted by Crippen LogP contribution is -2.14. The van der Waals surface area contributed by atoms with Crippen LogP contribution in [0.5, 0.6) is 5.75 Å². The second-order valence-corrected chi connectivity index (χ2v) is 8.84. The van der Waals surface area contributed by atoms with Gasteiger partial charge in [-0.3, -0.25) is 19.7 Å². The number of nitrogens with zero attached hydrogens (tertiary/aromatic N) is 4. The summed E-state index contributed by atoms with van der Waals surface area (Å²) in [6.07, 6.45) is 7.76. The Kier molecular flexibility index (Phi) is 6.51. The van der Waals surface area contributed by atoms with E-state index in [2.05, 4.69) is 24.7 Å². The summed E-state index contributed by atoms with van der Waals surface area (Å²) in [6, 6.07) is 13.7. The van der Waals surface area contributed by atoms with Gasteiger partial charge in [-0.05, 0) is 35.9 Å². The lowest BCUT2D eigenvalue weighted by Gasteiger charge is -2.12. The maximum absolute atomic E-state index is 12.9. The topological polar surface area (TPSA) is 132 Å². The van der Waals surface area contributed by atoms with Crippen molar-refractivity contribution in [2.75, 3.05) is 18.9 Å². The summed E-state index contributed by atoms with van der Waals surface area (Å²) >= 11 is 0. The lowest BCUT2D eigenvalue weighted by molar-refractivity contribution is 0.403. The van der Waals surface area contributed by atoms with Gasteiger partial charge < -0.3 is 10.5 Å². The van der Waals surface area contributed by atoms with Crippen LogP contribution in [0.2, 0.25) is 0 Å². The van der Waals surface area contributed by atoms with E-state index in [1.807, 2.05) is 18.2 Å². The fourth-order valence-electron chi connectivity index (χ4n) is 3.37. The van der Waals surface area contributed by atoms with Crippen molar-refractivity contribution in [2.24, 2.45) is 10.7 Å². The summed E-state index contributed by atoms with van der Waals surface area (Å²) in [5.41, 5.74) is 10.1. The average molecular weight is 475 g/mol. The standard InChI is InChI=1S/C24H22N6O3S/c1-26-12-18(11-25)22-15-28-20-8-7-16(10-21(20)29-22)17-9-19(14-27-13-17)30-34(31,32)24-6-4-3-5-23(24)33-2/h3-15,30H,25H2,1-2H3/b18-11+,26-12?. The number of nitrogens with one attached hydrogen (secondary N) is 1. The molecule has 0 bridgehead atoms. The molecule has 4 aromatic rings. The molecule has 3 N–H and O–H groups in total. The number of hydrogen-bond acceptors (Lipinski definition) is 8. The molecule has 0 fully saturated rings. The van der Waals surface area contributed by atoms with Gasteiger partial charge >= 0.3 is 0 Å². The number of hydrogen-bond donors (Lipinski definition) is 2. The Morgan fingerprint density at radius 2 is 1.88 bits per heavy atom. The second-order valence-electron chi connectivity index (χ2n) is 7.19. The number of benzene rings is 2. The number of ether oxygens (including phenoxy) is 1. The van der Waals surface area contributed by atoms with Gasteiger partial charge in [-0.2, -0.15) is 0 Å². The van der Waals surface area contributed by atoms with Gasteiger partial charge in [-0.25, -0.2) is 13.4 Å². The molecule has 0 atom stereocenters. The van der Waals surface area contributed by atoms with E-state index in [4.69, 9.17) is 10.5 Å². The highest BCUT2D eigenvalue weighted by molar-refractivity contribution is 7.92. The highest BCUT2D eigenvalue weighted by Gasteiger charge is 2.19. The average Bonchev–Trinajstić information content (AvgIpc) is 2.86. The maximum atomic E-state index is 12.9. The van der Waals surface area contributed by atoms with Crippen LogP contribution in [0.4, 0.5) is 5.69 Å². The molecule has 34 heavy (non-hydrogen) atoms. The minimum atomic E-state index is -3.88. The van der Waals surface area contributed by atoms with Crippen LogP contribution in [0.25, 0.3) is 27.7 Å². The van der Waals surface area contributed by atoms with Gasteiger partial charge in [0.2, 0.25) is 0 Å². The van der Waals surface area contributed by atoms with E-state index >= 15 is 0 Å². The van der Waals surface area contributed by atoms with Gasteiger partial charge in [0.15, 0.2) is 0 Å². The first kappa shape index (κ1) is 22.9. The van der Waals surface area contributed by atoms with Crippen molar-refractivity contribution in [1.29, 1.82) is 0 Å². The number of rotatable bonds is 7. The van der Waals surface area contributed by atoms with Gasteiger partial charge in [0.05, 0.1) is 41.9 Å². The molecule has 0 radical (unpaired) electrons. The predicted octanol–water partition coefficient (Wildman–Crippen LogP) is 3.50. The van der Waals surface area contributed by atoms with Crippen molar-refractivity contribution in [3.8, 4) is 16.9 Å². The molecule has 4 rings (SSSR count). The van der Waals surface area contributed by atoms with Gasteiger partial charge in [-0.15, -0.1) is 0 Å². The van der Waals surface area contributed by atoms with Crippen molar-refractivity contribution < 1.29 is 13.2 Å². The number of pyridine rings is 1. The van der Waals surface area contributed by atoms with Crippen LogP contribution in [-0.4, -0.2) is 43.7 Å². The molecule has 172 valence electrons. The van der Waals surface area contributed by atoms with E-state index in [-0.39, 0.29) is 10.6 Å². The molecule has 9 nitrogen and oxygen atoms in total. The Bertz CT molecular complexity index is 1520. The van der Waals surface area contributed by atoms with Crippen molar-refractivity contribution in [1.82, 2.24) is 15.0 Å². The first-order valence-corrected chi connectivity index (χ1v) is 11.7. The van der Waals surface area contributed by atoms with Crippen molar-refractivity contribution in [3.63, 3.8) is 0 Å². The summed E-state index contributed by atoms with van der Waals surface area (Å²) < 4.78 is 33.6. The quantitative estimate of drug-likeness (QED) is 0.392. The van der Waals surface area contributed by atoms with E-state index in [0.29, 0.717) is 33.6 Å². The Labute approximate surface area is 197 Å². The highest BCUT2D eigenvalue weighted by Crippen LogP contribution is 2.28. The third-order valence-electron chi connectivity index (χ3n) is 4.97. The number of methoxy groups -OCH3 is 1. The number of anilines is 1. The minimum absolute atomic E-state index is 0.0378. The van der Waals surface area contributed by atoms with Crippen LogP contribution in [-0.2, 0) is 10.0 Å². The zero-order chi connectivity index (χ0) is 24.1. The molecular weight excluding hydrogens is 452 g/mol. The first-order chi connectivity index (χ1) is 16.4. The van der Waals surface area contributed by atoms with Crippen LogP contribution < -0.4 is 15.2 Å². The van der Waals surface area contributed by atoms with Crippen LogP contribution in [0.3, 0.4) is 0 Å². The Balaban J connectivity index is 1.69. The Morgan fingerprint density at radius 1 is 1.06 bits per heavy atom. The van der Waals surface area contributed by atoms with Crippen LogP contribution >= 0.6 is 0 Å². The molecule has 2 aromatic carbocycles. The largest absolute Gasteiger partial charge is 0.495 e.